The van der Waals surface area contributed by atoms with Gasteiger partial charge < -0.3 is 15.4 Å². The van der Waals surface area contributed by atoms with Crippen molar-refractivity contribution >= 4 is 11.9 Å². The van der Waals surface area contributed by atoms with E-state index >= 15 is 0 Å². The Labute approximate surface area is 109 Å². The first-order valence-corrected chi connectivity index (χ1v) is 6.69. The highest BCUT2D eigenvalue weighted by molar-refractivity contribution is 5.80. The van der Waals surface area contributed by atoms with Crippen LogP contribution in [0.3, 0.4) is 0 Å². The molecule has 0 radical (unpaired) electrons. The first-order chi connectivity index (χ1) is 8.52. The molecule has 5 nitrogen and oxygen atoms in total. The number of carbonyl (C=O) groups is 2. The molecule has 104 valence electrons. The third-order valence-electron chi connectivity index (χ3n) is 3.50. The van der Waals surface area contributed by atoms with E-state index in [9.17, 15) is 9.59 Å². The van der Waals surface area contributed by atoms with Gasteiger partial charge in [0.1, 0.15) is 0 Å². The molecule has 0 aromatic rings. The number of hydrogen-bond acceptors (Lipinski definition) is 4. The van der Waals surface area contributed by atoms with Crippen molar-refractivity contribution in [2.24, 2.45) is 11.7 Å². The van der Waals surface area contributed by atoms with Crippen molar-refractivity contribution in [2.45, 2.75) is 45.6 Å². The van der Waals surface area contributed by atoms with Crippen LogP contribution in [0, 0.1) is 5.92 Å². The van der Waals surface area contributed by atoms with Crippen LogP contribution >= 0.6 is 0 Å². The fourth-order valence-corrected chi connectivity index (χ4v) is 2.34. The molecule has 0 unspecified atom stereocenters. The standard InChI is InChI=1S/C13H24N2O3/c1-3-15(13(17)9-18-10(2)16)8-11-4-6-12(14)7-5-11/h11-12H,3-9,14H2,1-2H3. The minimum absolute atomic E-state index is 0.109. The lowest BCUT2D eigenvalue weighted by atomic mass is 9.86. The van der Waals surface area contributed by atoms with Crippen LogP contribution in [0.5, 0.6) is 0 Å². The largest absolute Gasteiger partial charge is 0.456 e. The smallest absolute Gasteiger partial charge is 0.303 e. The Bertz CT molecular complexity index is 286. The van der Waals surface area contributed by atoms with Gasteiger partial charge in [-0.15, -0.1) is 0 Å². The van der Waals surface area contributed by atoms with Gasteiger partial charge in [0.05, 0.1) is 0 Å². The van der Waals surface area contributed by atoms with Crippen LogP contribution in [0.2, 0.25) is 0 Å². The van der Waals surface area contributed by atoms with Gasteiger partial charge in [0.2, 0.25) is 0 Å². The summed E-state index contributed by atoms with van der Waals surface area (Å²) < 4.78 is 4.74. The summed E-state index contributed by atoms with van der Waals surface area (Å²) in [5.41, 5.74) is 5.86. The number of amides is 1. The number of ether oxygens (including phenoxy) is 1. The van der Waals surface area contributed by atoms with Gasteiger partial charge in [-0.05, 0) is 38.5 Å². The predicted octanol–water partition coefficient (Wildman–Crippen LogP) is 0.915. The monoisotopic (exact) mass is 256 g/mol. The van der Waals surface area contributed by atoms with E-state index in [1.165, 1.54) is 6.92 Å². The zero-order chi connectivity index (χ0) is 13.5. The molecular weight excluding hydrogens is 232 g/mol. The van der Waals surface area contributed by atoms with E-state index in [0.29, 0.717) is 18.5 Å². The number of likely N-dealkylation sites (N-methyl/N-ethyl adjacent to an activating group) is 1. The number of carbonyl (C=O) groups excluding carboxylic acids is 2. The first-order valence-electron chi connectivity index (χ1n) is 6.69. The number of hydrogen-bond donors (Lipinski definition) is 1. The number of nitrogens with two attached hydrogens (primary N) is 1. The van der Waals surface area contributed by atoms with Crippen molar-refractivity contribution in [2.75, 3.05) is 19.7 Å². The minimum atomic E-state index is -0.414. The summed E-state index contributed by atoms with van der Waals surface area (Å²) in [6, 6.07) is 0.327. The van der Waals surface area contributed by atoms with Crippen LogP contribution in [-0.4, -0.2) is 42.5 Å². The molecule has 0 saturated heterocycles. The van der Waals surface area contributed by atoms with Gasteiger partial charge in [-0.3, -0.25) is 9.59 Å². The van der Waals surface area contributed by atoms with Crippen molar-refractivity contribution in [3.63, 3.8) is 0 Å². The zero-order valence-electron chi connectivity index (χ0n) is 11.4. The Morgan fingerprint density at radius 1 is 1.28 bits per heavy atom. The molecule has 0 heterocycles. The normalized spacial score (nSPS) is 23.5. The fraction of sp³-hybridized carbons (Fsp3) is 0.846. The van der Waals surface area contributed by atoms with E-state index in [-0.39, 0.29) is 12.5 Å². The lowest BCUT2D eigenvalue weighted by Gasteiger charge is -2.31. The highest BCUT2D eigenvalue weighted by Gasteiger charge is 2.22. The molecule has 1 aliphatic rings. The van der Waals surface area contributed by atoms with Crippen LogP contribution in [0.1, 0.15) is 39.5 Å². The number of nitrogens with zero attached hydrogens (tertiary/aromatic N) is 1. The van der Waals surface area contributed by atoms with Crippen LogP contribution in [0.4, 0.5) is 0 Å². The van der Waals surface area contributed by atoms with Crippen molar-refractivity contribution in [1.82, 2.24) is 4.90 Å². The highest BCUT2D eigenvalue weighted by atomic mass is 16.5. The van der Waals surface area contributed by atoms with Crippen LogP contribution in [0.15, 0.2) is 0 Å². The summed E-state index contributed by atoms with van der Waals surface area (Å²) in [7, 11) is 0. The SMILES string of the molecule is CCN(CC1CCC(N)CC1)C(=O)COC(C)=O. The quantitative estimate of drug-likeness (QED) is 0.742. The minimum Gasteiger partial charge on any atom is -0.456 e. The Morgan fingerprint density at radius 2 is 1.89 bits per heavy atom. The van der Waals surface area contributed by atoms with E-state index in [0.717, 1.165) is 32.2 Å². The Morgan fingerprint density at radius 3 is 2.39 bits per heavy atom. The molecule has 0 spiro atoms. The number of esters is 1. The summed E-state index contributed by atoms with van der Waals surface area (Å²) in [6.45, 7) is 4.52. The van der Waals surface area contributed by atoms with E-state index in [1.54, 1.807) is 4.90 Å². The molecule has 0 aromatic heterocycles. The maximum absolute atomic E-state index is 11.8. The zero-order valence-corrected chi connectivity index (χ0v) is 11.4. The molecule has 0 bridgehead atoms. The first kappa shape index (κ1) is 15.0. The van der Waals surface area contributed by atoms with Gasteiger partial charge in [-0.2, -0.15) is 0 Å². The van der Waals surface area contributed by atoms with Gasteiger partial charge in [0, 0.05) is 26.1 Å². The highest BCUT2D eigenvalue weighted by Crippen LogP contribution is 2.23. The summed E-state index contributed by atoms with van der Waals surface area (Å²) in [5, 5.41) is 0. The van der Waals surface area contributed by atoms with Crippen LogP contribution in [0.25, 0.3) is 0 Å². The molecule has 1 fully saturated rings. The summed E-state index contributed by atoms with van der Waals surface area (Å²) in [6.07, 6.45) is 4.25. The van der Waals surface area contributed by atoms with Crippen LogP contribution < -0.4 is 5.73 Å². The molecular formula is C13H24N2O3. The van der Waals surface area contributed by atoms with Crippen molar-refractivity contribution in [3.05, 3.63) is 0 Å². The fourth-order valence-electron chi connectivity index (χ4n) is 2.34. The molecule has 0 atom stereocenters. The van der Waals surface area contributed by atoms with Crippen molar-refractivity contribution in [3.8, 4) is 0 Å². The average Bonchev–Trinajstić information content (AvgIpc) is 2.35. The molecule has 2 N–H and O–H groups in total. The molecule has 1 amide bonds. The van der Waals surface area contributed by atoms with Gasteiger partial charge in [0.25, 0.3) is 5.91 Å². The van der Waals surface area contributed by atoms with E-state index in [1.807, 2.05) is 6.92 Å². The van der Waals surface area contributed by atoms with Crippen molar-refractivity contribution < 1.29 is 14.3 Å². The van der Waals surface area contributed by atoms with Crippen molar-refractivity contribution in [1.29, 1.82) is 0 Å². The molecule has 18 heavy (non-hydrogen) atoms. The van der Waals surface area contributed by atoms with E-state index < -0.39 is 5.97 Å². The van der Waals surface area contributed by atoms with Gasteiger partial charge in [0.15, 0.2) is 6.61 Å². The Kier molecular flexibility index (Phi) is 6.12. The predicted molar refractivity (Wildman–Crippen MR) is 68.8 cm³/mol. The third kappa shape index (κ3) is 5.04. The third-order valence-corrected chi connectivity index (χ3v) is 3.50. The topological polar surface area (TPSA) is 72.6 Å². The molecule has 0 aliphatic heterocycles. The van der Waals surface area contributed by atoms with Gasteiger partial charge >= 0.3 is 5.97 Å². The van der Waals surface area contributed by atoms with Gasteiger partial charge in [-0.1, -0.05) is 0 Å². The molecule has 1 saturated carbocycles. The lowest BCUT2D eigenvalue weighted by Crippen LogP contribution is -2.39. The second kappa shape index (κ2) is 7.36. The van der Waals surface area contributed by atoms with E-state index in [4.69, 9.17) is 10.5 Å². The summed E-state index contributed by atoms with van der Waals surface area (Å²) >= 11 is 0. The lowest BCUT2D eigenvalue weighted by molar-refractivity contribution is -0.150. The molecule has 0 aromatic carbocycles. The van der Waals surface area contributed by atoms with Crippen LogP contribution in [-0.2, 0) is 14.3 Å². The Balaban J connectivity index is 2.36. The Hall–Kier alpha value is -1.10. The second-order valence-electron chi connectivity index (χ2n) is 4.99. The van der Waals surface area contributed by atoms with Gasteiger partial charge in [-0.25, -0.2) is 0 Å². The summed E-state index contributed by atoms with van der Waals surface area (Å²) in [5.74, 6) is 0.0108. The number of rotatable bonds is 5. The summed E-state index contributed by atoms with van der Waals surface area (Å²) in [4.78, 5) is 24.3. The molecule has 1 aliphatic carbocycles. The molecule has 5 heteroatoms. The molecule has 1 rings (SSSR count). The maximum Gasteiger partial charge on any atom is 0.303 e. The average molecular weight is 256 g/mol. The second-order valence-corrected chi connectivity index (χ2v) is 4.99. The maximum atomic E-state index is 11.8. The van der Waals surface area contributed by atoms with E-state index in [2.05, 4.69) is 0 Å².